The molecule has 1 N–H and O–H groups in total. The molecule has 0 aliphatic carbocycles. The maximum Gasteiger partial charge on any atom is 0.233 e. The summed E-state index contributed by atoms with van der Waals surface area (Å²) < 4.78 is 0. The van der Waals surface area contributed by atoms with Crippen molar-refractivity contribution in [3.63, 3.8) is 0 Å². The Bertz CT molecular complexity index is 447. The lowest BCUT2D eigenvalue weighted by Crippen LogP contribution is -2.43. The van der Waals surface area contributed by atoms with Gasteiger partial charge in [0.2, 0.25) is 5.91 Å². The van der Waals surface area contributed by atoms with Gasteiger partial charge in [-0.05, 0) is 32.8 Å². The first-order valence-corrected chi connectivity index (χ1v) is 7.44. The lowest BCUT2D eigenvalue weighted by molar-refractivity contribution is -0.131. The van der Waals surface area contributed by atoms with Crippen molar-refractivity contribution in [2.75, 3.05) is 18.8 Å². The van der Waals surface area contributed by atoms with Gasteiger partial charge in [-0.3, -0.25) is 4.79 Å². The van der Waals surface area contributed by atoms with Gasteiger partial charge >= 0.3 is 0 Å². The van der Waals surface area contributed by atoms with Crippen molar-refractivity contribution in [1.82, 2.24) is 14.9 Å². The molecule has 0 radical (unpaired) electrons. The van der Waals surface area contributed by atoms with Gasteiger partial charge in [0.1, 0.15) is 0 Å². The van der Waals surface area contributed by atoms with Crippen molar-refractivity contribution in [3.8, 4) is 0 Å². The van der Waals surface area contributed by atoms with Crippen LogP contribution in [0.2, 0.25) is 0 Å². The Morgan fingerprint density at radius 1 is 1.47 bits per heavy atom. The second-order valence-corrected chi connectivity index (χ2v) is 5.80. The average molecular weight is 281 g/mol. The number of β-amino-alcohol motifs (C(OH)–C–C–N with tert-alkyl or cyclic N) is 1. The highest BCUT2D eigenvalue weighted by Gasteiger charge is 2.22. The number of aryl methyl sites for hydroxylation is 2. The van der Waals surface area contributed by atoms with E-state index >= 15 is 0 Å². The summed E-state index contributed by atoms with van der Waals surface area (Å²) in [6, 6.07) is 1.91. The van der Waals surface area contributed by atoms with E-state index in [0.717, 1.165) is 30.8 Å². The van der Waals surface area contributed by atoms with Crippen molar-refractivity contribution in [3.05, 3.63) is 17.5 Å². The molecule has 1 atom stereocenters. The summed E-state index contributed by atoms with van der Waals surface area (Å²) in [5, 5.41) is 10.2. The van der Waals surface area contributed by atoms with Gasteiger partial charge < -0.3 is 10.0 Å². The van der Waals surface area contributed by atoms with Crippen LogP contribution < -0.4 is 0 Å². The van der Waals surface area contributed by atoms with Gasteiger partial charge in [0, 0.05) is 24.5 Å². The Morgan fingerprint density at radius 3 is 2.79 bits per heavy atom. The number of aromatic nitrogens is 2. The molecule has 19 heavy (non-hydrogen) atoms. The van der Waals surface area contributed by atoms with E-state index < -0.39 is 0 Å². The number of hydrogen-bond donors (Lipinski definition) is 1. The van der Waals surface area contributed by atoms with Gasteiger partial charge in [-0.25, -0.2) is 9.97 Å². The van der Waals surface area contributed by atoms with E-state index in [4.69, 9.17) is 0 Å². The van der Waals surface area contributed by atoms with Crippen LogP contribution in [0.15, 0.2) is 11.2 Å². The molecule has 1 aromatic heterocycles. The summed E-state index contributed by atoms with van der Waals surface area (Å²) in [5.74, 6) is 0.377. The zero-order valence-corrected chi connectivity index (χ0v) is 12.1. The predicted octanol–water partition coefficient (Wildman–Crippen LogP) is 1.17. The monoisotopic (exact) mass is 281 g/mol. The largest absolute Gasteiger partial charge is 0.391 e. The van der Waals surface area contributed by atoms with Crippen molar-refractivity contribution in [2.45, 2.75) is 37.9 Å². The topological polar surface area (TPSA) is 66.3 Å². The summed E-state index contributed by atoms with van der Waals surface area (Å²) >= 11 is 1.36. The Kier molecular flexibility index (Phi) is 4.76. The molecule has 0 saturated carbocycles. The zero-order chi connectivity index (χ0) is 13.8. The minimum Gasteiger partial charge on any atom is -0.391 e. The van der Waals surface area contributed by atoms with Crippen LogP contribution in [0.3, 0.4) is 0 Å². The number of aliphatic hydroxyl groups is 1. The average Bonchev–Trinajstić information content (AvgIpc) is 2.35. The van der Waals surface area contributed by atoms with Crippen LogP contribution in [0.4, 0.5) is 0 Å². The molecule has 1 aliphatic rings. The van der Waals surface area contributed by atoms with E-state index in [1.54, 1.807) is 4.90 Å². The number of rotatable bonds is 3. The van der Waals surface area contributed by atoms with Crippen LogP contribution in [0.1, 0.15) is 24.2 Å². The molecule has 1 amide bonds. The van der Waals surface area contributed by atoms with Crippen molar-refractivity contribution < 1.29 is 9.90 Å². The number of amides is 1. The Labute approximate surface area is 117 Å². The normalized spacial score (nSPS) is 19.5. The highest BCUT2D eigenvalue weighted by molar-refractivity contribution is 7.99. The molecule has 1 aromatic rings. The maximum atomic E-state index is 12.0. The summed E-state index contributed by atoms with van der Waals surface area (Å²) in [6.07, 6.45) is 1.29. The second-order valence-electron chi connectivity index (χ2n) is 4.86. The molecular formula is C13H19N3O2S. The zero-order valence-electron chi connectivity index (χ0n) is 11.3. The molecule has 0 bridgehead atoms. The number of carbonyl (C=O) groups excluding carboxylic acids is 1. The molecule has 2 heterocycles. The number of nitrogens with zero attached hydrogens (tertiary/aromatic N) is 3. The van der Waals surface area contributed by atoms with Crippen molar-refractivity contribution in [2.24, 2.45) is 0 Å². The Morgan fingerprint density at radius 2 is 2.16 bits per heavy atom. The van der Waals surface area contributed by atoms with Crippen LogP contribution >= 0.6 is 11.8 Å². The lowest BCUT2D eigenvalue weighted by atomic mass is 10.1. The smallest absolute Gasteiger partial charge is 0.233 e. The third kappa shape index (κ3) is 4.18. The predicted molar refractivity (Wildman–Crippen MR) is 74.1 cm³/mol. The van der Waals surface area contributed by atoms with E-state index in [2.05, 4.69) is 9.97 Å². The maximum absolute atomic E-state index is 12.0. The molecule has 1 fully saturated rings. The minimum atomic E-state index is -0.375. The van der Waals surface area contributed by atoms with Crippen LogP contribution in [0.5, 0.6) is 0 Å². The molecule has 0 spiro atoms. The number of piperidine rings is 1. The number of thioether (sulfide) groups is 1. The summed E-state index contributed by atoms with van der Waals surface area (Å²) in [4.78, 5) is 22.3. The van der Waals surface area contributed by atoms with Crippen molar-refractivity contribution >= 4 is 17.7 Å². The SMILES string of the molecule is Cc1cc(C)nc(SCC(=O)N2CCCC(O)C2)n1. The number of hydrogen-bond acceptors (Lipinski definition) is 5. The van der Waals surface area contributed by atoms with Crippen LogP contribution in [-0.4, -0.2) is 50.8 Å². The number of carbonyl (C=O) groups is 1. The highest BCUT2D eigenvalue weighted by atomic mass is 32.2. The fraction of sp³-hybridized carbons (Fsp3) is 0.615. The third-order valence-corrected chi connectivity index (χ3v) is 3.87. The Hall–Kier alpha value is -1.14. The molecule has 0 aromatic carbocycles. The number of likely N-dealkylation sites (tertiary alicyclic amines) is 1. The van der Waals surface area contributed by atoms with Crippen LogP contribution in [0.25, 0.3) is 0 Å². The van der Waals surface area contributed by atoms with Crippen LogP contribution in [-0.2, 0) is 4.79 Å². The first-order valence-electron chi connectivity index (χ1n) is 6.45. The van der Waals surface area contributed by atoms with Gasteiger partial charge in [0.05, 0.1) is 11.9 Å². The van der Waals surface area contributed by atoms with Gasteiger partial charge in [-0.15, -0.1) is 0 Å². The van der Waals surface area contributed by atoms with Gasteiger partial charge in [-0.1, -0.05) is 11.8 Å². The molecule has 104 valence electrons. The molecule has 5 nitrogen and oxygen atoms in total. The van der Waals surface area contributed by atoms with Gasteiger partial charge in [-0.2, -0.15) is 0 Å². The van der Waals surface area contributed by atoms with E-state index in [1.165, 1.54) is 11.8 Å². The van der Waals surface area contributed by atoms with Crippen LogP contribution in [0, 0.1) is 13.8 Å². The minimum absolute atomic E-state index is 0.0477. The summed E-state index contributed by atoms with van der Waals surface area (Å²) in [5.41, 5.74) is 1.83. The summed E-state index contributed by atoms with van der Waals surface area (Å²) in [7, 11) is 0. The lowest BCUT2D eigenvalue weighted by Gasteiger charge is -2.29. The first kappa shape index (κ1) is 14.3. The van der Waals surface area contributed by atoms with Gasteiger partial charge in [0.15, 0.2) is 5.16 Å². The van der Waals surface area contributed by atoms with Crippen molar-refractivity contribution in [1.29, 1.82) is 0 Å². The molecular weight excluding hydrogens is 262 g/mol. The third-order valence-electron chi connectivity index (χ3n) is 3.04. The Balaban J connectivity index is 1.89. The highest BCUT2D eigenvalue weighted by Crippen LogP contribution is 2.17. The number of aliphatic hydroxyl groups excluding tert-OH is 1. The fourth-order valence-corrected chi connectivity index (χ4v) is 3.01. The van der Waals surface area contributed by atoms with E-state index in [9.17, 15) is 9.90 Å². The molecule has 1 unspecified atom stereocenters. The molecule has 2 rings (SSSR count). The van der Waals surface area contributed by atoms with E-state index in [-0.39, 0.29) is 12.0 Å². The standard InChI is InChI=1S/C13H19N3O2S/c1-9-6-10(2)15-13(14-9)19-8-12(18)16-5-3-4-11(17)7-16/h6,11,17H,3-5,7-8H2,1-2H3. The fourth-order valence-electron chi connectivity index (χ4n) is 2.16. The van der Waals surface area contributed by atoms with E-state index in [1.807, 2.05) is 19.9 Å². The van der Waals surface area contributed by atoms with E-state index in [0.29, 0.717) is 17.5 Å². The molecule has 6 heteroatoms. The first-order chi connectivity index (χ1) is 9.04. The quantitative estimate of drug-likeness (QED) is 0.665. The van der Waals surface area contributed by atoms with Gasteiger partial charge in [0.25, 0.3) is 0 Å². The molecule has 1 aliphatic heterocycles. The summed E-state index contributed by atoms with van der Waals surface area (Å²) in [6.45, 7) is 5.03. The molecule has 1 saturated heterocycles. The second kappa shape index (κ2) is 6.34.